The molecule has 0 aromatic heterocycles. The molecule has 0 heterocycles. The first kappa shape index (κ1) is 14.0. The third kappa shape index (κ3) is 3.04. The lowest BCUT2D eigenvalue weighted by molar-refractivity contribution is 0.303. The van der Waals surface area contributed by atoms with Crippen molar-refractivity contribution in [1.82, 2.24) is 0 Å². The third-order valence-corrected chi connectivity index (χ3v) is 3.91. The minimum atomic E-state index is -1.45. The van der Waals surface area contributed by atoms with E-state index >= 15 is 0 Å². The standard InChI is InChI=1S/C17H15F3O/c18-15-8-11(9-16(19)17(15)20)10-21-14-6-4-13(5-7-14)12-2-1-3-12/h4-9,12H,1-3,10H2. The van der Waals surface area contributed by atoms with Gasteiger partial charge in [0.15, 0.2) is 17.5 Å². The van der Waals surface area contributed by atoms with Crippen LogP contribution < -0.4 is 4.74 Å². The van der Waals surface area contributed by atoms with Crippen LogP contribution in [0.25, 0.3) is 0 Å². The molecule has 0 atom stereocenters. The van der Waals surface area contributed by atoms with E-state index in [0.717, 1.165) is 12.1 Å². The van der Waals surface area contributed by atoms with Gasteiger partial charge in [-0.15, -0.1) is 0 Å². The highest BCUT2D eigenvalue weighted by molar-refractivity contribution is 5.30. The van der Waals surface area contributed by atoms with Gasteiger partial charge >= 0.3 is 0 Å². The summed E-state index contributed by atoms with van der Waals surface area (Å²) in [5, 5.41) is 0. The zero-order valence-corrected chi connectivity index (χ0v) is 11.4. The van der Waals surface area contributed by atoms with Gasteiger partial charge in [-0.05, 0) is 54.2 Å². The summed E-state index contributed by atoms with van der Waals surface area (Å²) in [6.07, 6.45) is 3.74. The fraction of sp³-hybridized carbons (Fsp3) is 0.294. The van der Waals surface area contributed by atoms with Crippen LogP contribution in [0.5, 0.6) is 5.75 Å². The predicted octanol–water partition coefficient (Wildman–Crippen LogP) is 4.95. The number of halogens is 3. The Hall–Kier alpha value is -1.97. The highest BCUT2D eigenvalue weighted by Gasteiger charge is 2.19. The Morgan fingerprint density at radius 2 is 1.57 bits per heavy atom. The molecule has 1 saturated carbocycles. The summed E-state index contributed by atoms with van der Waals surface area (Å²) < 4.78 is 44.5. The second-order valence-electron chi connectivity index (χ2n) is 5.36. The van der Waals surface area contributed by atoms with Crippen LogP contribution in [0.4, 0.5) is 13.2 Å². The average molecular weight is 292 g/mol. The Balaban J connectivity index is 1.64. The minimum Gasteiger partial charge on any atom is -0.489 e. The molecule has 110 valence electrons. The first-order chi connectivity index (χ1) is 10.1. The van der Waals surface area contributed by atoms with Gasteiger partial charge in [0.05, 0.1) is 0 Å². The van der Waals surface area contributed by atoms with Crippen LogP contribution in [0.2, 0.25) is 0 Å². The van der Waals surface area contributed by atoms with E-state index < -0.39 is 17.5 Å². The minimum absolute atomic E-state index is 0.00308. The molecule has 21 heavy (non-hydrogen) atoms. The molecular weight excluding hydrogens is 277 g/mol. The molecule has 1 aliphatic carbocycles. The monoisotopic (exact) mass is 292 g/mol. The van der Waals surface area contributed by atoms with Gasteiger partial charge < -0.3 is 4.74 Å². The van der Waals surface area contributed by atoms with Gasteiger partial charge in [0.1, 0.15) is 12.4 Å². The second-order valence-corrected chi connectivity index (χ2v) is 5.36. The van der Waals surface area contributed by atoms with Crippen LogP contribution in [-0.4, -0.2) is 0 Å². The maximum Gasteiger partial charge on any atom is 0.194 e. The van der Waals surface area contributed by atoms with Gasteiger partial charge in [-0.25, -0.2) is 13.2 Å². The van der Waals surface area contributed by atoms with Crippen molar-refractivity contribution in [3.63, 3.8) is 0 Å². The van der Waals surface area contributed by atoms with Gasteiger partial charge in [0.2, 0.25) is 0 Å². The summed E-state index contributed by atoms with van der Waals surface area (Å²) in [5.74, 6) is -2.57. The fourth-order valence-electron chi connectivity index (χ4n) is 2.44. The highest BCUT2D eigenvalue weighted by atomic mass is 19.2. The topological polar surface area (TPSA) is 9.23 Å². The van der Waals surface area contributed by atoms with E-state index in [1.54, 1.807) is 0 Å². The van der Waals surface area contributed by atoms with E-state index in [4.69, 9.17) is 4.74 Å². The molecule has 4 heteroatoms. The number of ether oxygens (including phenoxy) is 1. The largest absolute Gasteiger partial charge is 0.489 e. The molecule has 0 bridgehead atoms. The molecular formula is C17H15F3O. The SMILES string of the molecule is Fc1cc(COc2ccc(C3CCC3)cc2)cc(F)c1F. The molecule has 0 spiro atoms. The summed E-state index contributed by atoms with van der Waals surface area (Å²) >= 11 is 0. The maximum absolute atomic E-state index is 13.1. The van der Waals surface area contributed by atoms with Gasteiger partial charge in [-0.2, -0.15) is 0 Å². The van der Waals surface area contributed by atoms with Crippen molar-refractivity contribution < 1.29 is 17.9 Å². The van der Waals surface area contributed by atoms with Crippen molar-refractivity contribution in [2.75, 3.05) is 0 Å². The van der Waals surface area contributed by atoms with Crippen LogP contribution in [0.15, 0.2) is 36.4 Å². The van der Waals surface area contributed by atoms with Crippen molar-refractivity contribution >= 4 is 0 Å². The van der Waals surface area contributed by atoms with E-state index in [-0.39, 0.29) is 12.2 Å². The molecule has 1 fully saturated rings. The number of hydrogen-bond acceptors (Lipinski definition) is 1. The number of benzene rings is 2. The predicted molar refractivity (Wildman–Crippen MR) is 73.7 cm³/mol. The van der Waals surface area contributed by atoms with E-state index in [2.05, 4.69) is 0 Å². The van der Waals surface area contributed by atoms with E-state index in [0.29, 0.717) is 11.7 Å². The lowest BCUT2D eigenvalue weighted by atomic mass is 9.80. The van der Waals surface area contributed by atoms with Crippen molar-refractivity contribution in [1.29, 1.82) is 0 Å². The zero-order valence-electron chi connectivity index (χ0n) is 11.4. The lowest BCUT2D eigenvalue weighted by Gasteiger charge is -2.25. The highest BCUT2D eigenvalue weighted by Crippen LogP contribution is 2.36. The van der Waals surface area contributed by atoms with Gasteiger partial charge in [0.25, 0.3) is 0 Å². The first-order valence-corrected chi connectivity index (χ1v) is 6.99. The van der Waals surface area contributed by atoms with Crippen LogP contribution >= 0.6 is 0 Å². The number of hydrogen-bond donors (Lipinski definition) is 0. The first-order valence-electron chi connectivity index (χ1n) is 6.99. The molecule has 0 saturated heterocycles. The third-order valence-electron chi connectivity index (χ3n) is 3.91. The lowest BCUT2D eigenvalue weighted by Crippen LogP contribution is -2.08. The van der Waals surface area contributed by atoms with E-state index in [9.17, 15) is 13.2 Å². The summed E-state index contributed by atoms with van der Waals surface area (Å²) in [5.41, 5.74) is 1.56. The Morgan fingerprint density at radius 1 is 0.952 bits per heavy atom. The summed E-state index contributed by atoms with van der Waals surface area (Å²) in [7, 11) is 0. The smallest absolute Gasteiger partial charge is 0.194 e. The molecule has 0 amide bonds. The Bertz CT molecular complexity index is 610. The molecule has 0 aliphatic heterocycles. The van der Waals surface area contributed by atoms with Crippen LogP contribution in [0, 0.1) is 17.5 Å². The van der Waals surface area contributed by atoms with Crippen molar-refractivity contribution in [2.45, 2.75) is 31.8 Å². The Kier molecular flexibility index (Phi) is 3.86. The van der Waals surface area contributed by atoms with Crippen molar-refractivity contribution in [2.24, 2.45) is 0 Å². The van der Waals surface area contributed by atoms with Gasteiger partial charge in [0, 0.05) is 0 Å². The van der Waals surface area contributed by atoms with Crippen LogP contribution in [0.3, 0.4) is 0 Å². The maximum atomic E-state index is 13.1. The number of rotatable bonds is 4. The Morgan fingerprint density at radius 3 is 2.10 bits per heavy atom. The molecule has 2 aromatic rings. The van der Waals surface area contributed by atoms with Crippen molar-refractivity contribution in [3.8, 4) is 5.75 Å². The molecule has 0 radical (unpaired) electrons. The molecule has 1 nitrogen and oxygen atoms in total. The molecule has 0 unspecified atom stereocenters. The molecule has 2 aromatic carbocycles. The second kappa shape index (κ2) is 5.80. The van der Waals surface area contributed by atoms with Crippen LogP contribution in [-0.2, 0) is 6.61 Å². The Labute approximate surface area is 121 Å². The molecule has 3 rings (SSSR count). The van der Waals surface area contributed by atoms with Gasteiger partial charge in [-0.3, -0.25) is 0 Å². The summed E-state index contributed by atoms with van der Waals surface area (Å²) in [6, 6.07) is 9.63. The molecule has 0 N–H and O–H groups in total. The van der Waals surface area contributed by atoms with Crippen molar-refractivity contribution in [3.05, 3.63) is 65.0 Å². The average Bonchev–Trinajstić information content (AvgIpc) is 2.42. The summed E-state index contributed by atoms with van der Waals surface area (Å²) in [6.45, 7) is -0.00308. The van der Waals surface area contributed by atoms with E-state index in [1.165, 1.54) is 24.8 Å². The fourth-order valence-corrected chi connectivity index (χ4v) is 2.44. The van der Waals surface area contributed by atoms with Crippen LogP contribution in [0.1, 0.15) is 36.3 Å². The van der Waals surface area contributed by atoms with E-state index in [1.807, 2.05) is 24.3 Å². The normalized spacial score (nSPS) is 14.8. The quantitative estimate of drug-likeness (QED) is 0.724. The van der Waals surface area contributed by atoms with Gasteiger partial charge in [-0.1, -0.05) is 18.6 Å². The summed E-state index contributed by atoms with van der Waals surface area (Å²) in [4.78, 5) is 0. The zero-order chi connectivity index (χ0) is 14.8. The molecule has 1 aliphatic rings.